The van der Waals surface area contributed by atoms with Gasteiger partial charge in [-0.2, -0.15) is 4.99 Å². The standard InChI is InChI=1S/C19H19N3O5S/c1-3-27-12-11-21-17-15(26-2)5-4-6-16(17)28-19(21)20-18(23)13-7-9-14(10-8-13)22(24)25/h4-10H,3,11-12H2,1-2H3. The van der Waals surface area contributed by atoms with E-state index in [4.69, 9.17) is 9.47 Å². The monoisotopic (exact) mass is 401 g/mol. The second-order valence-electron chi connectivity index (χ2n) is 5.76. The van der Waals surface area contributed by atoms with E-state index >= 15 is 0 Å². The van der Waals surface area contributed by atoms with Gasteiger partial charge in [-0.05, 0) is 31.2 Å². The lowest BCUT2D eigenvalue weighted by atomic mass is 10.2. The third kappa shape index (κ3) is 4.10. The molecule has 0 saturated carbocycles. The van der Waals surface area contributed by atoms with Crippen LogP contribution >= 0.6 is 11.3 Å². The van der Waals surface area contributed by atoms with Crippen LogP contribution in [0.5, 0.6) is 5.75 Å². The van der Waals surface area contributed by atoms with Gasteiger partial charge in [-0.15, -0.1) is 0 Å². The Hall–Kier alpha value is -3.04. The molecule has 3 rings (SSSR count). The average molecular weight is 401 g/mol. The molecule has 0 aliphatic rings. The molecule has 1 aromatic heterocycles. The molecule has 0 aliphatic heterocycles. The van der Waals surface area contributed by atoms with Crippen LogP contribution in [-0.2, 0) is 11.3 Å². The van der Waals surface area contributed by atoms with Gasteiger partial charge in [0.15, 0.2) is 4.80 Å². The fraction of sp³-hybridized carbons (Fsp3) is 0.263. The van der Waals surface area contributed by atoms with Crippen LogP contribution in [0.4, 0.5) is 5.69 Å². The van der Waals surface area contributed by atoms with E-state index in [-0.39, 0.29) is 11.3 Å². The number of amides is 1. The molecular formula is C19H19N3O5S. The Labute approximate surface area is 164 Å². The molecule has 0 spiro atoms. The van der Waals surface area contributed by atoms with Gasteiger partial charge >= 0.3 is 0 Å². The van der Waals surface area contributed by atoms with Crippen molar-refractivity contribution in [2.75, 3.05) is 20.3 Å². The van der Waals surface area contributed by atoms with Gasteiger partial charge in [0.05, 0.1) is 23.3 Å². The number of benzene rings is 2. The minimum Gasteiger partial charge on any atom is -0.495 e. The number of rotatable bonds is 7. The maximum Gasteiger partial charge on any atom is 0.279 e. The molecule has 28 heavy (non-hydrogen) atoms. The first kappa shape index (κ1) is 19.7. The Balaban J connectivity index is 2.06. The van der Waals surface area contributed by atoms with Gasteiger partial charge in [0.1, 0.15) is 11.3 Å². The largest absolute Gasteiger partial charge is 0.495 e. The Morgan fingerprint density at radius 1 is 1.25 bits per heavy atom. The topological polar surface area (TPSA) is 96.0 Å². The molecule has 1 heterocycles. The van der Waals surface area contributed by atoms with Crippen LogP contribution in [0.25, 0.3) is 10.2 Å². The first-order chi connectivity index (χ1) is 13.5. The normalized spacial score (nSPS) is 11.7. The second kappa shape index (κ2) is 8.77. The van der Waals surface area contributed by atoms with Gasteiger partial charge in [0.2, 0.25) is 0 Å². The van der Waals surface area contributed by atoms with Crippen molar-refractivity contribution in [1.29, 1.82) is 0 Å². The zero-order chi connectivity index (χ0) is 20.1. The van der Waals surface area contributed by atoms with E-state index in [9.17, 15) is 14.9 Å². The summed E-state index contributed by atoms with van der Waals surface area (Å²) in [5.74, 6) is 0.222. The number of hydrogen-bond donors (Lipinski definition) is 0. The summed E-state index contributed by atoms with van der Waals surface area (Å²) in [6.07, 6.45) is 0. The molecule has 0 fully saturated rings. The quantitative estimate of drug-likeness (QED) is 0.343. The van der Waals surface area contributed by atoms with Gasteiger partial charge < -0.3 is 14.0 Å². The lowest BCUT2D eigenvalue weighted by Crippen LogP contribution is -2.20. The van der Waals surface area contributed by atoms with Crippen molar-refractivity contribution < 1.29 is 19.2 Å². The number of methoxy groups -OCH3 is 1. The number of fused-ring (bicyclic) bond motifs is 1. The number of para-hydroxylation sites is 1. The Morgan fingerprint density at radius 2 is 2.00 bits per heavy atom. The fourth-order valence-corrected chi connectivity index (χ4v) is 3.80. The number of carbonyl (C=O) groups excluding carboxylic acids is 1. The molecule has 0 saturated heterocycles. The van der Waals surface area contributed by atoms with Crippen molar-refractivity contribution in [3.63, 3.8) is 0 Å². The van der Waals surface area contributed by atoms with Crippen molar-refractivity contribution in [2.45, 2.75) is 13.5 Å². The molecule has 1 amide bonds. The number of hydrogen-bond acceptors (Lipinski definition) is 6. The van der Waals surface area contributed by atoms with Gasteiger partial charge in [-0.25, -0.2) is 0 Å². The number of carbonyl (C=O) groups is 1. The number of nitrogens with zero attached hydrogens (tertiary/aromatic N) is 3. The first-order valence-electron chi connectivity index (χ1n) is 8.62. The Morgan fingerprint density at radius 3 is 2.64 bits per heavy atom. The predicted octanol–water partition coefficient (Wildman–Crippen LogP) is 3.40. The van der Waals surface area contributed by atoms with E-state index in [1.165, 1.54) is 35.6 Å². The molecule has 3 aromatic rings. The van der Waals surface area contributed by atoms with Crippen molar-refractivity contribution in [3.8, 4) is 5.75 Å². The minimum atomic E-state index is -0.509. The van der Waals surface area contributed by atoms with Crippen LogP contribution in [0.2, 0.25) is 0 Å². The molecule has 0 atom stereocenters. The number of thiazole rings is 1. The number of nitro groups is 1. The zero-order valence-electron chi connectivity index (χ0n) is 15.5. The highest BCUT2D eigenvalue weighted by Gasteiger charge is 2.14. The average Bonchev–Trinajstić information content (AvgIpc) is 3.05. The third-order valence-electron chi connectivity index (χ3n) is 4.07. The molecule has 9 heteroatoms. The van der Waals surface area contributed by atoms with E-state index in [0.29, 0.717) is 30.3 Å². The SMILES string of the molecule is CCOCCn1c(=NC(=O)c2ccc([N+](=O)[O-])cc2)sc2cccc(OC)c21. The van der Waals surface area contributed by atoms with E-state index in [2.05, 4.69) is 4.99 Å². The highest BCUT2D eigenvalue weighted by atomic mass is 32.1. The molecule has 8 nitrogen and oxygen atoms in total. The summed E-state index contributed by atoms with van der Waals surface area (Å²) in [6.45, 7) is 3.49. The van der Waals surface area contributed by atoms with Crippen LogP contribution in [0, 0.1) is 10.1 Å². The highest BCUT2D eigenvalue weighted by Crippen LogP contribution is 2.27. The summed E-state index contributed by atoms with van der Waals surface area (Å²) >= 11 is 1.37. The van der Waals surface area contributed by atoms with Gasteiger partial charge in [-0.3, -0.25) is 14.9 Å². The molecule has 2 aromatic carbocycles. The van der Waals surface area contributed by atoms with Crippen molar-refractivity contribution in [3.05, 3.63) is 62.9 Å². The van der Waals surface area contributed by atoms with Crippen molar-refractivity contribution in [2.24, 2.45) is 4.99 Å². The van der Waals surface area contributed by atoms with Crippen LogP contribution in [0.3, 0.4) is 0 Å². The van der Waals surface area contributed by atoms with Gasteiger partial charge in [0.25, 0.3) is 11.6 Å². The fourth-order valence-electron chi connectivity index (χ4n) is 2.73. The summed E-state index contributed by atoms with van der Waals surface area (Å²) in [5.41, 5.74) is 1.06. The Bertz CT molecular complexity index is 1070. The predicted molar refractivity (Wildman–Crippen MR) is 106 cm³/mol. The molecular weight excluding hydrogens is 382 g/mol. The lowest BCUT2D eigenvalue weighted by Gasteiger charge is -2.08. The summed E-state index contributed by atoms with van der Waals surface area (Å²) in [6, 6.07) is 11.1. The molecule has 0 aliphatic carbocycles. The molecule has 146 valence electrons. The van der Waals surface area contributed by atoms with Crippen LogP contribution in [0.1, 0.15) is 17.3 Å². The van der Waals surface area contributed by atoms with E-state index in [1.807, 2.05) is 29.7 Å². The summed E-state index contributed by atoms with van der Waals surface area (Å²) in [4.78, 5) is 27.6. The first-order valence-corrected chi connectivity index (χ1v) is 9.44. The lowest BCUT2D eigenvalue weighted by molar-refractivity contribution is -0.384. The maximum atomic E-state index is 12.6. The molecule has 0 unspecified atom stereocenters. The number of ether oxygens (including phenoxy) is 2. The van der Waals surface area contributed by atoms with Crippen molar-refractivity contribution in [1.82, 2.24) is 4.57 Å². The Kier molecular flexibility index (Phi) is 6.17. The number of nitro benzene ring substituents is 1. The van der Waals surface area contributed by atoms with Crippen LogP contribution in [0.15, 0.2) is 47.5 Å². The number of aromatic nitrogens is 1. The van der Waals surface area contributed by atoms with E-state index < -0.39 is 10.8 Å². The summed E-state index contributed by atoms with van der Waals surface area (Å²) < 4.78 is 13.8. The smallest absolute Gasteiger partial charge is 0.279 e. The molecule has 0 N–H and O–H groups in total. The highest BCUT2D eigenvalue weighted by molar-refractivity contribution is 7.16. The zero-order valence-corrected chi connectivity index (χ0v) is 16.3. The summed E-state index contributed by atoms with van der Waals surface area (Å²) in [7, 11) is 1.60. The third-order valence-corrected chi connectivity index (χ3v) is 5.11. The summed E-state index contributed by atoms with van der Waals surface area (Å²) in [5, 5.41) is 10.8. The molecule has 0 bridgehead atoms. The number of non-ortho nitro benzene ring substituents is 1. The van der Waals surface area contributed by atoms with Crippen LogP contribution in [-0.4, -0.2) is 35.7 Å². The second-order valence-corrected chi connectivity index (χ2v) is 6.77. The van der Waals surface area contributed by atoms with Crippen molar-refractivity contribution >= 4 is 33.1 Å². The maximum absolute atomic E-state index is 12.6. The van der Waals surface area contributed by atoms with Gasteiger partial charge in [0, 0.05) is 30.8 Å². The minimum absolute atomic E-state index is 0.0741. The van der Waals surface area contributed by atoms with Crippen LogP contribution < -0.4 is 9.54 Å². The van der Waals surface area contributed by atoms with Gasteiger partial charge in [-0.1, -0.05) is 17.4 Å². The van der Waals surface area contributed by atoms with E-state index in [0.717, 1.165) is 10.2 Å². The molecule has 0 radical (unpaired) electrons. The van der Waals surface area contributed by atoms with E-state index in [1.54, 1.807) is 7.11 Å².